The Kier molecular flexibility index (Phi) is 68.8. The second-order valence-electron chi connectivity index (χ2n) is 28.0. The number of esters is 2. The normalized spacial score (nSPS) is 12.7. The van der Waals surface area contributed by atoms with Gasteiger partial charge in [0.25, 0.3) is 6.29 Å². The third-order valence-corrected chi connectivity index (χ3v) is 18.0. The number of carboxylic acids is 1. The number of rotatable bonds is 74. The molecule has 88 heavy (non-hydrogen) atoms. The Balaban J connectivity index is 3.91. The lowest BCUT2D eigenvalue weighted by molar-refractivity contribution is -0.870. The molecular weight excluding hydrogens is 1090 g/mol. The number of carboxylic acid groups (broad SMARTS) is 1. The van der Waals surface area contributed by atoms with E-state index in [1.165, 1.54) is 334 Å². The zero-order valence-electron chi connectivity index (χ0n) is 59.7. The molecule has 0 bridgehead atoms. The number of hydrogen-bond donors (Lipinski definition) is 1. The van der Waals surface area contributed by atoms with E-state index in [1.807, 2.05) is 21.1 Å². The molecule has 0 saturated heterocycles. The number of nitrogens with zero attached hydrogens (tertiary/aromatic N) is 1. The number of hydrogen-bond acceptors (Lipinski definition) is 7. The van der Waals surface area contributed by atoms with Crippen molar-refractivity contribution in [1.82, 2.24) is 0 Å². The van der Waals surface area contributed by atoms with Gasteiger partial charge in [0.05, 0.1) is 34.4 Å². The molecule has 0 aromatic carbocycles. The highest BCUT2D eigenvalue weighted by Crippen LogP contribution is 2.20. The van der Waals surface area contributed by atoms with E-state index in [1.54, 1.807) is 0 Å². The minimum Gasteiger partial charge on any atom is -0.477 e. The van der Waals surface area contributed by atoms with E-state index in [-0.39, 0.29) is 38.2 Å². The highest BCUT2D eigenvalue weighted by Gasteiger charge is 2.25. The van der Waals surface area contributed by atoms with Gasteiger partial charge in [0, 0.05) is 12.8 Å². The molecule has 0 aromatic rings. The van der Waals surface area contributed by atoms with Gasteiger partial charge >= 0.3 is 17.9 Å². The van der Waals surface area contributed by atoms with Crippen molar-refractivity contribution in [1.29, 1.82) is 0 Å². The molecular formula is C79H152NO8+. The zero-order valence-corrected chi connectivity index (χ0v) is 59.7. The van der Waals surface area contributed by atoms with Crippen molar-refractivity contribution in [2.45, 2.75) is 418 Å². The molecule has 0 saturated carbocycles. The van der Waals surface area contributed by atoms with Gasteiger partial charge in [-0.15, -0.1) is 0 Å². The molecule has 0 fully saturated rings. The summed E-state index contributed by atoms with van der Waals surface area (Å²) in [6.45, 7) is 4.95. The average Bonchev–Trinajstić information content (AvgIpc) is 3.55. The molecule has 0 amide bonds. The summed E-state index contributed by atoms with van der Waals surface area (Å²) in [5.41, 5.74) is 0. The Morgan fingerprint density at radius 3 is 0.898 bits per heavy atom. The molecule has 0 heterocycles. The highest BCUT2D eigenvalue weighted by atomic mass is 16.7. The van der Waals surface area contributed by atoms with Gasteiger partial charge in [0.15, 0.2) is 6.10 Å². The summed E-state index contributed by atoms with van der Waals surface area (Å²) in [4.78, 5) is 37.7. The maximum Gasteiger partial charge on any atom is 0.361 e. The number of quaternary nitrogens is 1. The standard InChI is InChI=1S/C79H151NO8/c1-6-8-10-12-14-16-18-20-22-24-26-28-30-31-32-33-34-35-36-37-38-39-40-41-42-43-44-45-46-47-48-50-52-54-56-58-60-62-64-66-68-70-77(82)88-75(74-87-79(78(83)84)85-72-71-80(3,4)5)73-86-76(81)69-67-65-63-61-59-57-55-53-51-49-29-27-25-23-21-19-17-15-13-11-9-7-2/h18,20,24,26,75,79H,6-17,19,21-23,25,27-74H2,1-5H3/p+1/b20-18-,26-24-. The molecule has 520 valence electrons. The second kappa shape index (κ2) is 70.6. The molecule has 2 unspecified atom stereocenters. The van der Waals surface area contributed by atoms with Gasteiger partial charge in [-0.25, -0.2) is 4.79 Å². The maximum atomic E-state index is 13.0. The molecule has 9 nitrogen and oxygen atoms in total. The molecule has 0 radical (unpaired) electrons. The van der Waals surface area contributed by atoms with Crippen molar-refractivity contribution in [3.8, 4) is 0 Å². The van der Waals surface area contributed by atoms with Gasteiger partial charge in [0.2, 0.25) is 0 Å². The fourth-order valence-electron chi connectivity index (χ4n) is 12.0. The Morgan fingerprint density at radius 2 is 0.614 bits per heavy atom. The van der Waals surface area contributed by atoms with Crippen molar-refractivity contribution in [3.05, 3.63) is 24.3 Å². The molecule has 0 rings (SSSR count). The Morgan fingerprint density at radius 1 is 0.341 bits per heavy atom. The van der Waals surface area contributed by atoms with Crippen LogP contribution >= 0.6 is 0 Å². The number of carbonyl (C=O) groups excluding carboxylic acids is 2. The van der Waals surface area contributed by atoms with E-state index in [0.29, 0.717) is 17.4 Å². The quantitative estimate of drug-likeness (QED) is 0.0211. The largest absolute Gasteiger partial charge is 0.477 e. The van der Waals surface area contributed by atoms with E-state index in [2.05, 4.69) is 38.2 Å². The first kappa shape index (κ1) is 85.8. The lowest BCUT2D eigenvalue weighted by Crippen LogP contribution is -2.40. The molecule has 0 aliphatic heterocycles. The van der Waals surface area contributed by atoms with Crippen molar-refractivity contribution >= 4 is 17.9 Å². The van der Waals surface area contributed by atoms with E-state index in [4.69, 9.17) is 18.9 Å². The van der Waals surface area contributed by atoms with Crippen LogP contribution in [0.25, 0.3) is 0 Å². The van der Waals surface area contributed by atoms with Crippen LogP contribution in [0.4, 0.5) is 0 Å². The van der Waals surface area contributed by atoms with Crippen LogP contribution in [0.2, 0.25) is 0 Å². The highest BCUT2D eigenvalue weighted by molar-refractivity contribution is 5.71. The number of likely N-dealkylation sites (N-methyl/N-ethyl adjacent to an activating group) is 1. The summed E-state index contributed by atoms with van der Waals surface area (Å²) in [5.74, 6) is -1.97. The Labute approximate surface area is 548 Å². The average molecular weight is 1240 g/mol. The van der Waals surface area contributed by atoms with Gasteiger partial charge in [-0.1, -0.05) is 372 Å². The summed E-state index contributed by atoms with van der Waals surface area (Å²) in [6, 6.07) is 0. The van der Waals surface area contributed by atoms with Gasteiger partial charge in [0.1, 0.15) is 13.2 Å². The fraction of sp³-hybridized carbons (Fsp3) is 0.911. The number of ether oxygens (including phenoxy) is 4. The molecule has 0 spiro atoms. The summed E-state index contributed by atoms with van der Waals surface area (Å²) < 4.78 is 23.0. The lowest BCUT2D eigenvalue weighted by Gasteiger charge is -2.25. The second-order valence-corrected chi connectivity index (χ2v) is 28.0. The van der Waals surface area contributed by atoms with Gasteiger partial charge in [-0.05, 0) is 44.9 Å². The Bertz CT molecular complexity index is 1490. The number of carbonyl (C=O) groups is 3. The van der Waals surface area contributed by atoms with E-state index < -0.39 is 18.4 Å². The van der Waals surface area contributed by atoms with Crippen LogP contribution in [0.1, 0.15) is 406 Å². The zero-order chi connectivity index (χ0) is 64.0. The maximum absolute atomic E-state index is 13.0. The minimum absolute atomic E-state index is 0.173. The lowest BCUT2D eigenvalue weighted by atomic mass is 10.0. The van der Waals surface area contributed by atoms with E-state index in [9.17, 15) is 19.5 Å². The minimum atomic E-state index is -1.51. The van der Waals surface area contributed by atoms with Crippen molar-refractivity contribution in [3.63, 3.8) is 0 Å². The molecule has 1 N–H and O–H groups in total. The SMILES string of the molecule is CCCCCCC/C=C\C/C=C\CCCCCCCCCCCCCCCCCCCCCCCCCCCCCCCC(=O)OC(COC(=O)CCCCCCCCCCCCCCCCCCCCCCCC)COC(OCC[N+](C)(C)C)C(=O)O. The van der Waals surface area contributed by atoms with Gasteiger partial charge < -0.3 is 28.5 Å². The predicted octanol–water partition coefficient (Wildman–Crippen LogP) is 24.5. The number of allylic oxidation sites excluding steroid dienone is 4. The summed E-state index contributed by atoms with van der Waals surface area (Å²) >= 11 is 0. The molecule has 9 heteroatoms. The third-order valence-electron chi connectivity index (χ3n) is 18.0. The Hall–Kier alpha value is -2.23. The molecule has 0 aliphatic carbocycles. The topological polar surface area (TPSA) is 108 Å². The smallest absolute Gasteiger partial charge is 0.361 e. The molecule has 0 aliphatic rings. The van der Waals surface area contributed by atoms with Crippen LogP contribution in [0.15, 0.2) is 24.3 Å². The van der Waals surface area contributed by atoms with Crippen molar-refractivity contribution < 1.29 is 42.9 Å². The summed E-state index contributed by atoms with van der Waals surface area (Å²) in [7, 11) is 6.00. The summed E-state index contributed by atoms with van der Waals surface area (Å²) in [6.07, 6.45) is 86.2. The van der Waals surface area contributed by atoms with E-state index in [0.717, 1.165) is 44.9 Å². The van der Waals surface area contributed by atoms with Crippen LogP contribution < -0.4 is 0 Å². The van der Waals surface area contributed by atoms with E-state index >= 15 is 0 Å². The third kappa shape index (κ3) is 71.2. The monoisotopic (exact) mass is 1240 g/mol. The number of aliphatic carboxylic acids is 1. The van der Waals surface area contributed by atoms with Crippen LogP contribution in [0.5, 0.6) is 0 Å². The molecule has 2 atom stereocenters. The first-order valence-corrected chi connectivity index (χ1v) is 39.0. The van der Waals surface area contributed by atoms with Gasteiger partial charge in [-0.3, -0.25) is 9.59 Å². The van der Waals surface area contributed by atoms with Crippen molar-refractivity contribution in [2.24, 2.45) is 0 Å². The number of unbranched alkanes of at least 4 members (excludes halogenated alkanes) is 55. The van der Waals surface area contributed by atoms with Crippen LogP contribution in [0, 0.1) is 0 Å². The molecule has 0 aromatic heterocycles. The first-order valence-electron chi connectivity index (χ1n) is 39.0. The summed E-state index contributed by atoms with van der Waals surface area (Å²) in [5, 5.41) is 9.76. The van der Waals surface area contributed by atoms with Crippen LogP contribution in [0.3, 0.4) is 0 Å². The van der Waals surface area contributed by atoms with Gasteiger partial charge in [-0.2, -0.15) is 0 Å². The van der Waals surface area contributed by atoms with Crippen LogP contribution in [-0.4, -0.2) is 87.4 Å². The first-order chi connectivity index (χ1) is 43.1. The predicted molar refractivity (Wildman–Crippen MR) is 378 cm³/mol. The fourth-order valence-corrected chi connectivity index (χ4v) is 12.0. The van der Waals surface area contributed by atoms with Crippen LogP contribution in [-0.2, 0) is 33.3 Å². The van der Waals surface area contributed by atoms with Crippen molar-refractivity contribution in [2.75, 3.05) is 47.5 Å².